The number of rotatable bonds is 4. The molecule has 0 aliphatic carbocycles. The van der Waals surface area contributed by atoms with Crippen molar-refractivity contribution in [1.29, 1.82) is 0 Å². The van der Waals surface area contributed by atoms with Gasteiger partial charge in [-0.1, -0.05) is 6.07 Å². The highest BCUT2D eigenvalue weighted by molar-refractivity contribution is 7.20. The van der Waals surface area contributed by atoms with Gasteiger partial charge >= 0.3 is 5.69 Å². The van der Waals surface area contributed by atoms with Crippen molar-refractivity contribution in [2.45, 2.75) is 6.54 Å². The van der Waals surface area contributed by atoms with Gasteiger partial charge in [0.25, 0.3) is 5.91 Å². The van der Waals surface area contributed by atoms with Gasteiger partial charge in [0.1, 0.15) is 0 Å². The first kappa shape index (κ1) is 15.3. The van der Waals surface area contributed by atoms with Crippen molar-refractivity contribution in [1.82, 2.24) is 20.1 Å². The van der Waals surface area contributed by atoms with E-state index in [0.29, 0.717) is 10.7 Å². The van der Waals surface area contributed by atoms with Crippen LogP contribution in [-0.2, 0) is 6.54 Å². The van der Waals surface area contributed by atoms with E-state index >= 15 is 0 Å². The van der Waals surface area contributed by atoms with Crippen LogP contribution in [0.25, 0.3) is 10.1 Å². The molecular formula is C15H17N5O2S. The van der Waals surface area contributed by atoms with Crippen molar-refractivity contribution in [2.24, 2.45) is 0 Å². The number of amides is 1. The van der Waals surface area contributed by atoms with Crippen LogP contribution in [0.3, 0.4) is 0 Å². The van der Waals surface area contributed by atoms with Crippen LogP contribution in [0.15, 0.2) is 29.1 Å². The van der Waals surface area contributed by atoms with Crippen LogP contribution in [0.1, 0.15) is 15.5 Å². The van der Waals surface area contributed by atoms with E-state index in [9.17, 15) is 9.59 Å². The quantitative estimate of drug-likeness (QED) is 0.761. The highest BCUT2D eigenvalue weighted by atomic mass is 32.1. The molecule has 3 aromatic rings. The Morgan fingerprint density at radius 3 is 2.74 bits per heavy atom. The van der Waals surface area contributed by atoms with Crippen molar-refractivity contribution in [3.05, 3.63) is 45.5 Å². The van der Waals surface area contributed by atoms with Crippen LogP contribution >= 0.6 is 11.3 Å². The van der Waals surface area contributed by atoms with Gasteiger partial charge in [-0.05, 0) is 18.2 Å². The molecule has 0 saturated heterocycles. The van der Waals surface area contributed by atoms with Crippen molar-refractivity contribution in [2.75, 3.05) is 26.0 Å². The Labute approximate surface area is 136 Å². The Morgan fingerprint density at radius 2 is 2.09 bits per heavy atom. The number of hydrogen-bond acceptors (Lipinski definition) is 5. The Balaban J connectivity index is 1.88. The highest BCUT2D eigenvalue weighted by Gasteiger charge is 2.17. The number of fused-ring (bicyclic) bond motifs is 1. The largest absolute Gasteiger partial charge is 0.377 e. The molecule has 0 fully saturated rings. The van der Waals surface area contributed by atoms with E-state index in [-0.39, 0.29) is 18.1 Å². The average molecular weight is 331 g/mol. The fraction of sp³-hybridized carbons (Fsp3) is 0.267. The van der Waals surface area contributed by atoms with Crippen LogP contribution in [0, 0.1) is 0 Å². The maximum Gasteiger partial charge on any atom is 0.340 e. The molecule has 0 aliphatic rings. The van der Waals surface area contributed by atoms with E-state index in [4.69, 9.17) is 0 Å². The molecule has 23 heavy (non-hydrogen) atoms. The number of thiophene rings is 1. The van der Waals surface area contributed by atoms with E-state index in [0.717, 1.165) is 15.8 Å². The van der Waals surface area contributed by atoms with Gasteiger partial charge in [-0.2, -0.15) is 5.10 Å². The zero-order valence-electron chi connectivity index (χ0n) is 13.1. The SMILES string of the molecule is CN(Cc1n[nH]c(=O)[nH]1)C(=O)c1cc2c(N(C)C)cccc2s1. The van der Waals surface area contributed by atoms with E-state index in [2.05, 4.69) is 15.2 Å². The van der Waals surface area contributed by atoms with Gasteiger partial charge in [0.05, 0.1) is 11.4 Å². The zero-order chi connectivity index (χ0) is 16.6. The second kappa shape index (κ2) is 5.88. The highest BCUT2D eigenvalue weighted by Crippen LogP contribution is 2.33. The van der Waals surface area contributed by atoms with Gasteiger partial charge in [0.15, 0.2) is 5.82 Å². The van der Waals surface area contributed by atoms with Crippen LogP contribution in [-0.4, -0.2) is 47.1 Å². The Kier molecular flexibility index (Phi) is 3.91. The molecule has 0 radical (unpaired) electrons. The fourth-order valence-corrected chi connectivity index (χ4v) is 3.48. The molecule has 2 heterocycles. The summed E-state index contributed by atoms with van der Waals surface area (Å²) < 4.78 is 1.07. The third-order valence-electron chi connectivity index (χ3n) is 3.51. The minimum atomic E-state index is -0.377. The molecule has 1 aromatic carbocycles. The molecule has 0 bridgehead atoms. The number of carbonyl (C=O) groups is 1. The summed E-state index contributed by atoms with van der Waals surface area (Å²) in [6, 6.07) is 7.94. The molecule has 0 saturated carbocycles. The van der Waals surface area contributed by atoms with Crippen LogP contribution in [0.5, 0.6) is 0 Å². The Morgan fingerprint density at radius 1 is 1.30 bits per heavy atom. The average Bonchev–Trinajstić information content (AvgIpc) is 3.11. The smallest absolute Gasteiger partial charge is 0.340 e. The standard InChI is InChI=1S/C15H17N5O2S/c1-19(2)10-5-4-6-11-9(10)7-12(23-11)14(21)20(3)8-13-16-15(22)18-17-13/h4-7H,8H2,1-3H3,(H2,16,17,18,22). The van der Waals surface area contributed by atoms with Crippen molar-refractivity contribution in [3.63, 3.8) is 0 Å². The minimum Gasteiger partial charge on any atom is -0.377 e. The van der Waals surface area contributed by atoms with Gasteiger partial charge in [-0.25, -0.2) is 9.89 Å². The van der Waals surface area contributed by atoms with E-state index in [1.54, 1.807) is 7.05 Å². The monoisotopic (exact) mass is 331 g/mol. The first-order valence-corrected chi connectivity index (χ1v) is 7.86. The number of aromatic amines is 2. The molecule has 3 rings (SSSR count). The molecular weight excluding hydrogens is 314 g/mol. The summed E-state index contributed by atoms with van der Waals surface area (Å²) in [6.45, 7) is 0.242. The lowest BCUT2D eigenvalue weighted by molar-refractivity contribution is 0.0786. The summed E-state index contributed by atoms with van der Waals surface area (Å²) in [5.41, 5.74) is 0.704. The number of hydrogen-bond donors (Lipinski definition) is 2. The second-order valence-corrected chi connectivity index (χ2v) is 6.56. The lowest BCUT2D eigenvalue weighted by Crippen LogP contribution is -2.26. The third-order valence-corrected chi connectivity index (χ3v) is 4.60. The van der Waals surface area contributed by atoms with Gasteiger partial charge in [-0.15, -0.1) is 11.3 Å². The summed E-state index contributed by atoms with van der Waals surface area (Å²) in [5, 5.41) is 7.18. The summed E-state index contributed by atoms with van der Waals surface area (Å²) >= 11 is 1.46. The van der Waals surface area contributed by atoms with E-state index in [1.165, 1.54) is 16.2 Å². The number of aromatic nitrogens is 3. The Bertz CT molecular complexity index is 908. The first-order valence-electron chi connectivity index (χ1n) is 7.04. The predicted molar refractivity (Wildman–Crippen MR) is 91.2 cm³/mol. The van der Waals surface area contributed by atoms with Gasteiger partial charge < -0.3 is 9.80 Å². The lowest BCUT2D eigenvalue weighted by atomic mass is 10.2. The first-order chi connectivity index (χ1) is 11.0. The van der Waals surface area contributed by atoms with E-state index in [1.807, 2.05) is 43.3 Å². The maximum atomic E-state index is 12.6. The van der Waals surface area contributed by atoms with Gasteiger partial charge in [-0.3, -0.25) is 9.78 Å². The molecule has 1 amide bonds. The van der Waals surface area contributed by atoms with Gasteiger partial charge in [0.2, 0.25) is 0 Å². The Hall–Kier alpha value is -2.61. The van der Waals surface area contributed by atoms with Crippen LogP contribution in [0.4, 0.5) is 5.69 Å². The molecule has 2 aromatic heterocycles. The van der Waals surface area contributed by atoms with Crippen molar-refractivity contribution < 1.29 is 4.79 Å². The zero-order valence-corrected chi connectivity index (χ0v) is 13.9. The number of H-pyrrole nitrogens is 2. The van der Waals surface area contributed by atoms with E-state index < -0.39 is 0 Å². The number of nitrogens with zero attached hydrogens (tertiary/aromatic N) is 3. The topological polar surface area (TPSA) is 85.1 Å². The molecule has 0 atom stereocenters. The van der Waals surface area contributed by atoms with Gasteiger partial charge in [0, 0.05) is 36.9 Å². The maximum absolute atomic E-state index is 12.6. The molecule has 0 spiro atoms. The summed E-state index contributed by atoms with van der Waals surface area (Å²) in [4.78, 5) is 30.4. The number of carbonyl (C=O) groups excluding carboxylic acids is 1. The summed E-state index contributed by atoms with van der Waals surface area (Å²) in [5.74, 6) is 0.334. The summed E-state index contributed by atoms with van der Waals surface area (Å²) in [7, 11) is 5.65. The molecule has 0 unspecified atom stereocenters. The number of nitrogens with one attached hydrogen (secondary N) is 2. The van der Waals surface area contributed by atoms with Crippen LogP contribution in [0.2, 0.25) is 0 Å². The molecule has 2 N–H and O–H groups in total. The van der Waals surface area contributed by atoms with Crippen LogP contribution < -0.4 is 10.6 Å². The minimum absolute atomic E-state index is 0.0974. The third kappa shape index (κ3) is 2.98. The number of anilines is 1. The molecule has 120 valence electrons. The fourth-order valence-electron chi connectivity index (χ4n) is 2.41. The normalized spacial score (nSPS) is 10.9. The van der Waals surface area contributed by atoms with Crippen molar-refractivity contribution >= 4 is 33.0 Å². The predicted octanol–water partition coefficient (Wildman–Crippen LogP) is 1.65. The van der Waals surface area contributed by atoms with Crippen molar-refractivity contribution in [3.8, 4) is 0 Å². The number of benzene rings is 1. The molecule has 8 heteroatoms. The molecule has 0 aliphatic heterocycles. The second-order valence-electron chi connectivity index (χ2n) is 5.48. The molecule has 7 nitrogen and oxygen atoms in total. The summed E-state index contributed by atoms with van der Waals surface area (Å²) in [6.07, 6.45) is 0. The lowest BCUT2D eigenvalue weighted by Gasteiger charge is -2.14.